The van der Waals surface area contributed by atoms with E-state index in [4.69, 9.17) is 14.3 Å². The Labute approximate surface area is 176 Å². The maximum atomic E-state index is 13.9. The zero-order valence-electron chi connectivity index (χ0n) is 17.1. The van der Waals surface area contributed by atoms with Crippen molar-refractivity contribution >= 4 is 15.8 Å². The number of ether oxygens (including phenoxy) is 2. The number of carbonyl (C=O) groups excluding carboxylic acids is 1. The van der Waals surface area contributed by atoms with Crippen LogP contribution < -0.4 is 9.57 Å². The van der Waals surface area contributed by atoms with Crippen molar-refractivity contribution in [3.63, 3.8) is 0 Å². The van der Waals surface area contributed by atoms with Crippen LogP contribution in [0.2, 0.25) is 0 Å². The smallest absolute Gasteiger partial charge is 0.345 e. The topological polar surface area (TPSA) is 95.0 Å². The van der Waals surface area contributed by atoms with Crippen LogP contribution in [0.4, 0.5) is 0 Å². The summed E-state index contributed by atoms with van der Waals surface area (Å²) in [5.41, 5.74) is 0. The Morgan fingerprint density at radius 1 is 1.23 bits per heavy atom. The first-order chi connectivity index (χ1) is 14.5. The molecule has 8 nitrogen and oxygen atoms in total. The Morgan fingerprint density at radius 3 is 2.73 bits per heavy atom. The predicted molar refractivity (Wildman–Crippen MR) is 110 cm³/mol. The molecule has 2 heterocycles. The van der Waals surface area contributed by atoms with Gasteiger partial charge in [0.2, 0.25) is 9.84 Å². The second-order valence-corrected chi connectivity index (χ2v) is 9.04. The van der Waals surface area contributed by atoms with Crippen molar-refractivity contribution in [2.45, 2.75) is 42.4 Å². The van der Waals surface area contributed by atoms with Gasteiger partial charge in [-0.15, -0.1) is 5.06 Å². The van der Waals surface area contributed by atoms with Gasteiger partial charge in [0.05, 0.1) is 19.9 Å². The number of carbonyl (C=O) groups is 1. The van der Waals surface area contributed by atoms with Gasteiger partial charge in [0, 0.05) is 12.7 Å². The van der Waals surface area contributed by atoms with Gasteiger partial charge < -0.3 is 14.3 Å². The molecule has 1 aromatic heterocycles. The molecule has 1 aliphatic rings. The molecule has 1 atom stereocenters. The molecule has 0 aliphatic carbocycles. The lowest BCUT2D eigenvalue weighted by Crippen LogP contribution is -2.58. The van der Waals surface area contributed by atoms with E-state index in [9.17, 15) is 13.2 Å². The molecule has 0 N–H and O–H groups in total. The van der Waals surface area contributed by atoms with Gasteiger partial charge >= 0.3 is 5.97 Å². The highest BCUT2D eigenvalue weighted by Gasteiger charge is 2.62. The average molecular weight is 435 g/mol. The molecule has 1 aromatic carbocycles. The van der Waals surface area contributed by atoms with Gasteiger partial charge in [-0.25, -0.2) is 13.2 Å². The van der Waals surface area contributed by atoms with Crippen molar-refractivity contribution in [2.24, 2.45) is 0 Å². The minimum absolute atomic E-state index is 0.0333. The van der Waals surface area contributed by atoms with E-state index in [0.717, 1.165) is 12.8 Å². The SMILES string of the molecule is CCCCOc1ccccc1S(=O)(=O)[C@@]1(C(=O)OC)CCCN1Oc1cccnc1. The number of nitrogens with zero attached hydrogens (tertiary/aromatic N) is 2. The summed E-state index contributed by atoms with van der Waals surface area (Å²) in [6.45, 7) is 2.64. The second kappa shape index (κ2) is 9.44. The molecule has 0 spiro atoms. The Kier molecular flexibility index (Phi) is 6.94. The largest absolute Gasteiger partial charge is 0.492 e. The highest BCUT2D eigenvalue weighted by Crippen LogP contribution is 2.42. The van der Waals surface area contributed by atoms with Crippen molar-refractivity contribution in [1.29, 1.82) is 0 Å². The Balaban J connectivity index is 2.06. The van der Waals surface area contributed by atoms with Crippen LogP contribution in [0.3, 0.4) is 0 Å². The molecule has 1 saturated heterocycles. The first-order valence-electron chi connectivity index (χ1n) is 9.88. The molecule has 2 aromatic rings. The molecule has 1 fully saturated rings. The highest BCUT2D eigenvalue weighted by atomic mass is 32.2. The summed E-state index contributed by atoms with van der Waals surface area (Å²) in [6.07, 6.45) is 5.19. The fourth-order valence-corrected chi connectivity index (χ4v) is 5.58. The molecular weight excluding hydrogens is 408 g/mol. The van der Waals surface area contributed by atoms with E-state index >= 15 is 0 Å². The molecule has 0 unspecified atom stereocenters. The summed E-state index contributed by atoms with van der Waals surface area (Å²) in [6, 6.07) is 9.64. The van der Waals surface area contributed by atoms with Gasteiger partial charge in [0.15, 0.2) is 5.75 Å². The minimum Gasteiger partial charge on any atom is -0.492 e. The van der Waals surface area contributed by atoms with E-state index in [1.54, 1.807) is 36.5 Å². The number of aromatic nitrogens is 1. The van der Waals surface area contributed by atoms with Crippen LogP contribution >= 0.6 is 0 Å². The molecule has 9 heteroatoms. The molecule has 162 valence electrons. The van der Waals surface area contributed by atoms with E-state index < -0.39 is 20.7 Å². The molecular formula is C21H26N2O6S. The number of hydrogen-bond acceptors (Lipinski definition) is 8. The summed E-state index contributed by atoms with van der Waals surface area (Å²) < 4.78 is 38.5. The zero-order valence-corrected chi connectivity index (χ0v) is 17.9. The molecule has 0 amide bonds. The van der Waals surface area contributed by atoms with Crippen LogP contribution in [0, 0.1) is 0 Å². The van der Waals surface area contributed by atoms with E-state index in [-0.39, 0.29) is 23.6 Å². The molecule has 3 rings (SSSR count). The summed E-state index contributed by atoms with van der Waals surface area (Å²) in [5.74, 6) is -0.356. The number of hydroxylamine groups is 2. The molecule has 0 radical (unpaired) electrons. The van der Waals surface area contributed by atoms with Crippen molar-refractivity contribution in [2.75, 3.05) is 20.3 Å². The van der Waals surface area contributed by atoms with Crippen LogP contribution in [0.15, 0.2) is 53.7 Å². The molecule has 0 bridgehead atoms. The van der Waals surface area contributed by atoms with Crippen molar-refractivity contribution in [3.05, 3.63) is 48.8 Å². The van der Waals surface area contributed by atoms with Gasteiger partial charge in [-0.05, 0) is 43.5 Å². The third kappa shape index (κ3) is 3.99. The monoisotopic (exact) mass is 434 g/mol. The van der Waals surface area contributed by atoms with Crippen LogP contribution in [-0.4, -0.2) is 49.6 Å². The van der Waals surface area contributed by atoms with Crippen LogP contribution in [0.1, 0.15) is 32.6 Å². The summed E-state index contributed by atoms with van der Waals surface area (Å²) >= 11 is 0. The second-order valence-electron chi connectivity index (χ2n) is 6.91. The Bertz CT molecular complexity index is 966. The number of hydrogen-bond donors (Lipinski definition) is 0. The number of benzene rings is 1. The zero-order chi connectivity index (χ0) is 21.6. The van der Waals surface area contributed by atoms with Crippen LogP contribution in [0.5, 0.6) is 11.5 Å². The van der Waals surface area contributed by atoms with Crippen molar-refractivity contribution in [3.8, 4) is 11.5 Å². The number of esters is 1. The van der Waals surface area contributed by atoms with Gasteiger partial charge in [0.1, 0.15) is 10.6 Å². The predicted octanol–water partition coefficient (Wildman–Crippen LogP) is 2.99. The lowest BCUT2D eigenvalue weighted by atomic mass is 10.2. The summed E-state index contributed by atoms with van der Waals surface area (Å²) in [7, 11) is -3.10. The van der Waals surface area contributed by atoms with Gasteiger partial charge in [0.25, 0.3) is 4.87 Å². The number of unbranched alkanes of at least 4 members (excludes halogenated alkanes) is 1. The van der Waals surface area contributed by atoms with Gasteiger partial charge in [-0.3, -0.25) is 4.98 Å². The summed E-state index contributed by atoms with van der Waals surface area (Å²) in [4.78, 5) is 20.6. The van der Waals surface area contributed by atoms with Crippen molar-refractivity contribution < 1.29 is 27.5 Å². The number of methoxy groups -OCH3 is 1. The van der Waals surface area contributed by atoms with Crippen LogP contribution in [-0.2, 0) is 19.4 Å². The van der Waals surface area contributed by atoms with Gasteiger partial charge in [-0.1, -0.05) is 25.5 Å². The average Bonchev–Trinajstić information content (AvgIpc) is 3.19. The quantitative estimate of drug-likeness (QED) is 0.439. The normalized spacial score (nSPS) is 19.4. The maximum Gasteiger partial charge on any atom is 0.345 e. The van der Waals surface area contributed by atoms with E-state index in [1.807, 2.05) is 6.92 Å². The van der Waals surface area contributed by atoms with Crippen LogP contribution in [0.25, 0.3) is 0 Å². The Hall–Kier alpha value is -2.65. The highest BCUT2D eigenvalue weighted by molar-refractivity contribution is 7.93. The number of rotatable bonds is 9. The third-order valence-corrected chi connectivity index (χ3v) is 7.35. The first kappa shape index (κ1) is 22.0. The number of pyridine rings is 1. The fourth-order valence-electron chi connectivity index (χ4n) is 3.46. The minimum atomic E-state index is -4.27. The number of sulfone groups is 1. The standard InChI is InChI=1S/C21H26N2O6S/c1-3-4-15-28-18-10-5-6-11-19(18)30(25,26)21(20(24)27-2)12-8-14-23(21)29-17-9-7-13-22-16-17/h5-7,9-11,13,16H,3-4,8,12,14-15H2,1-2H3/t21-/m1/s1. The molecule has 1 aliphatic heterocycles. The van der Waals surface area contributed by atoms with E-state index in [1.165, 1.54) is 24.4 Å². The van der Waals surface area contributed by atoms with Crippen molar-refractivity contribution in [1.82, 2.24) is 10.0 Å². The van der Waals surface area contributed by atoms with Gasteiger partial charge in [-0.2, -0.15) is 0 Å². The molecule has 30 heavy (non-hydrogen) atoms. The third-order valence-electron chi connectivity index (χ3n) is 4.97. The number of para-hydroxylation sites is 1. The lowest BCUT2D eigenvalue weighted by molar-refractivity contribution is -0.164. The lowest BCUT2D eigenvalue weighted by Gasteiger charge is -2.34. The van der Waals surface area contributed by atoms with E-state index in [2.05, 4.69) is 4.98 Å². The van der Waals surface area contributed by atoms with E-state index in [0.29, 0.717) is 18.8 Å². The first-order valence-corrected chi connectivity index (χ1v) is 11.4. The Morgan fingerprint density at radius 2 is 2.03 bits per heavy atom. The molecule has 0 saturated carbocycles. The summed E-state index contributed by atoms with van der Waals surface area (Å²) in [5, 5.41) is 1.19. The fraction of sp³-hybridized carbons (Fsp3) is 0.429. The maximum absolute atomic E-state index is 13.9.